The van der Waals surface area contributed by atoms with E-state index in [0.29, 0.717) is 11.5 Å². The molecule has 0 unspecified atom stereocenters. The van der Waals surface area contributed by atoms with Gasteiger partial charge in [0.2, 0.25) is 0 Å². The second-order valence-electron chi connectivity index (χ2n) is 6.82. The highest BCUT2D eigenvalue weighted by Crippen LogP contribution is 2.22. The number of hydrogen-bond donors (Lipinski definition) is 0. The zero-order valence-corrected chi connectivity index (χ0v) is 18.4. The van der Waals surface area contributed by atoms with Crippen molar-refractivity contribution in [2.45, 2.75) is 5.51 Å². The molecule has 3 aromatic heterocycles. The Labute approximate surface area is 190 Å². The van der Waals surface area contributed by atoms with Crippen LogP contribution in [0.1, 0.15) is 0 Å². The third-order valence-electron chi connectivity index (χ3n) is 4.55. The summed E-state index contributed by atoms with van der Waals surface area (Å²) >= 11 is 0. The number of fused-ring (bicyclic) bond motifs is 1. The van der Waals surface area contributed by atoms with Crippen molar-refractivity contribution in [2.24, 2.45) is 14.1 Å². The van der Waals surface area contributed by atoms with Crippen molar-refractivity contribution in [3.63, 3.8) is 0 Å². The van der Waals surface area contributed by atoms with E-state index in [0.717, 1.165) is 10.1 Å². The molecule has 0 N–H and O–H groups in total. The molecule has 0 bridgehead atoms. The van der Waals surface area contributed by atoms with Gasteiger partial charge in [0.25, 0.3) is 5.52 Å². The zero-order chi connectivity index (χ0) is 25.3. The van der Waals surface area contributed by atoms with Crippen LogP contribution in [-0.4, -0.2) is 37.6 Å². The molecule has 0 amide bonds. The summed E-state index contributed by atoms with van der Waals surface area (Å²) in [4.78, 5) is 34.1. The summed E-state index contributed by atoms with van der Waals surface area (Å²) in [6.07, 6.45) is 3.68. The second kappa shape index (κ2) is 9.15. The molecule has 0 atom stereocenters. The maximum Gasteiger partial charge on any atom is 0.485 e. The summed E-state index contributed by atoms with van der Waals surface area (Å²) in [6, 6.07) is 15.2. The fourth-order valence-electron chi connectivity index (χ4n) is 2.87. The van der Waals surface area contributed by atoms with Crippen molar-refractivity contribution in [1.82, 2.24) is 19.1 Å². The summed E-state index contributed by atoms with van der Waals surface area (Å²) in [7, 11) is -3.07. The molecular weight excluding hydrogens is 479 g/mol. The number of hydrogen-bond acceptors (Lipinski definition) is 7. The lowest BCUT2D eigenvalue weighted by atomic mass is 10.1. The molecule has 34 heavy (non-hydrogen) atoms. The minimum absolute atomic E-state index is 0.153. The highest BCUT2D eigenvalue weighted by Gasteiger charge is 2.37. The van der Waals surface area contributed by atoms with Crippen molar-refractivity contribution in [3.8, 4) is 17.1 Å². The number of halogens is 3. The fourth-order valence-corrected chi connectivity index (χ4v) is 2.87. The Morgan fingerprint density at radius 3 is 1.97 bits per heavy atom. The fraction of sp³-hybridized carbons (Fsp3) is 0.150. The van der Waals surface area contributed by atoms with Crippen LogP contribution in [0.2, 0.25) is 0 Å². The predicted octanol–water partition coefficient (Wildman–Crippen LogP) is 1.02. The van der Waals surface area contributed by atoms with Crippen LogP contribution in [0.4, 0.5) is 13.2 Å². The summed E-state index contributed by atoms with van der Waals surface area (Å²) in [5.41, 5.74) is -4.69. The van der Waals surface area contributed by atoms with E-state index in [-0.39, 0.29) is 11.2 Å². The van der Waals surface area contributed by atoms with Crippen LogP contribution in [0.3, 0.4) is 0 Å². The SMILES string of the molecule is Cn1c(=O)c2nc(-[n+]3ccccc3)c(-c3ccccc3)nc2n(C)c1=O.O=S(=O)([O-])C(F)(F)F. The van der Waals surface area contributed by atoms with Crippen LogP contribution in [0.25, 0.3) is 28.2 Å². The van der Waals surface area contributed by atoms with Gasteiger partial charge in [-0.05, 0) is 17.1 Å². The Hall–Kier alpha value is -3.91. The molecule has 1 aromatic carbocycles. The molecule has 10 nitrogen and oxygen atoms in total. The van der Waals surface area contributed by atoms with Gasteiger partial charge in [0.1, 0.15) is 0 Å². The molecule has 0 radical (unpaired) electrons. The van der Waals surface area contributed by atoms with Gasteiger partial charge in [0.05, 0.1) is 12.4 Å². The molecule has 0 aliphatic carbocycles. The third-order valence-corrected chi connectivity index (χ3v) is 5.12. The highest BCUT2D eigenvalue weighted by atomic mass is 32.2. The minimum Gasteiger partial charge on any atom is -0.741 e. The van der Waals surface area contributed by atoms with Crippen LogP contribution in [0, 0.1) is 0 Å². The van der Waals surface area contributed by atoms with E-state index in [9.17, 15) is 22.8 Å². The van der Waals surface area contributed by atoms with Gasteiger partial charge in [0.15, 0.2) is 21.5 Å². The van der Waals surface area contributed by atoms with Gasteiger partial charge >= 0.3 is 22.6 Å². The Morgan fingerprint density at radius 2 is 1.44 bits per heavy atom. The van der Waals surface area contributed by atoms with Gasteiger partial charge in [-0.15, -0.1) is 0 Å². The van der Waals surface area contributed by atoms with E-state index in [1.54, 1.807) is 11.6 Å². The summed E-state index contributed by atoms with van der Waals surface area (Å²) in [5.74, 6) is 0.528. The van der Waals surface area contributed by atoms with E-state index in [1.165, 1.54) is 11.6 Å². The standard InChI is InChI=1S/C19H16N5O2.CHF3O3S/c1-22-16-15(18(25)23(2)19(22)26)21-17(24-11-7-4-8-12-24)14(20-16)13-9-5-3-6-10-13;2-1(3,4)8(5,6)7/h3-12H,1-2H3;(H,5,6,7)/q+1;/p-1. The van der Waals surface area contributed by atoms with E-state index < -0.39 is 26.9 Å². The normalized spacial score (nSPS) is 11.7. The largest absolute Gasteiger partial charge is 0.741 e. The van der Waals surface area contributed by atoms with E-state index in [1.807, 2.05) is 60.9 Å². The number of aryl methyl sites for hydroxylation is 1. The van der Waals surface area contributed by atoms with Crippen LogP contribution < -0.4 is 15.8 Å². The number of pyridine rings is 1. The van der Waals surface area contributed by atoms with E-state index in [4.69, 9.17) is 13.0 Å². The molecule has 4 aromatic rings. The number of rotatable bonds is 2. The lowest BCUT2D eigenvalue weighted by Crippen LogP contribution is -2.39. The Balaban J connectivity index is 0.000000350. The first-order chi connectivity index (χ1) is 15.8. The quantitative estimate of drug-likeness (QED) is 0.231. The average molecular weight is 495 g/mol. The topological polar surface area (TPSA) is 131 Å². The van der Waals surface area contributed by atoms with E-state index in [2.05, 4.69) is 9.97 Å². The maximum atomic E-state index is 12.6. The van der Waals surface area contributed by atoms with E-state index >= 15 is 0 Å². The van der Waals surface area contributed by atoms with Crippen LogP contribution in [-0.2, 0) is 24.2 Å². The van der Waals surface area contributed by atoms with Crippen LogP contribution >= 0.6 is 0 Å². The molecule has 0 saturated heterocycles. The van der Waals surface area contributed by atoms with Gasteiger partial charge in [-0.1, -0.05) is 36.4 Å². The Bertz CT molecular complexity index is 1570. The average Bonchev–Trinajstić information content (AvgIpc) is 2.81. The van der Waals surface area contributed by atoms with Gasteiger partial charge in [-0.3, -0.25) is 13.9 Å². The maximum absolute atomic E-state index is 12.6. The van der Waals surface area contributed by atoms with Crippen molar-refractivity contribution < 1.29 is 30.7 Å². The Kier molecular flexibility index (Phi) is 6.65. The smallest absolute Gasteiger partial charge is 0.485 e. The molecule has 14 heteroatoms. The van der Waals surface area contributed by atoms with Gasteiger partial charge < -0.3 is 4.55 Å². The Morgan fingerprint density at radius 1 is 0.912 bits per heavy atom. The first-order valence-electron chi connectivity index (χ1n) is 9.35. The number of nitrogens with zero attached hydrogens (tertiary/aromatic N) is 5. The molecule has 0 fully saturated rings. The van der Waals surface area contributed by atoms with Crippen molar-refractivity contribution in [3.05, 3.63) is 81.8 Å². The molecule has 0 aliphatic heterocycles. The molecule has 0 saturated carbocycles. The first kappa shape index (κ1) is 24.7. The molecule has 0 spiro atoms. The van der Waals surface area contributed by atoms with Gasteiger partial charge in [-0.25, -0.2) is 22.8 Å². The summed E-state index contributed by atoms with van der Waals surface area (Å²) < 4.78 is 63.1. The first-order valence-corrected chi connectivity index (χ1v) is 10.8. The minimum atomic E-state index is -6.09. The van der Waals surface area contributed by atoms with Crippen LogP contribution in [0.5, 0.6) is 0 Å². The number of alkyl halides is 3. The summed E-state index contributed by atoms with van der Waals surface area (Å²) in [5, 5.41) is 0. The summed E-state index contributed by atoms with van der Waals surface area (Å²) in [6.45, 7) is 0. The number of aromatic nitrogens is 5. The lowest BCUT2D eigenvalue weighted by molar-refractivity contribution is -0.599. The van der Waals surface area contributed by atoms with Crippen molar-refractivity contribution in [2.75, 3.05) is 0 Å². The van der Waals surface area contributed by atoms with Crippen LogP contribution in [0.15, 0.2) is 70.5 Å². The monoisotopic (exact) mass is 495 g/mol. The molecular formula is C20H16F3N5O5S. The van der Waals surface area contributed by atoms with Gasteiger partial charge in [-0.2, -0.15) is 13.2 Å². The third kappa shape index (κ3) is 4.87. The van der Waals surface area contributed by atoms with Gasteiger partial charge in [0, 0.05) is 19.7 Å². The molecule has 3 heterocycles. The number of benzene rings is 1. The molecule has 178 valence electrons. The predicted molar refractivity (Wildman–Crippen MR) is 113 cm³/mol. The zero-order valence-electron chi connectivity index (χ0n) is 17.6. The molecule has 0 aliphatic rings. The lowest BCUT2D eigenvalue weighted by Gasteiger charge is -2.08. The highest BCUT2D eigenvalue weighted by molar-refractivity contribution is 7.86. The second-order valence-corrected chi connectivity index (χ2v) is 8.19. The van der Waals surface area contributed by atoms with Crippen molar-refractivity contribution in [1.29, 1.82) is 0 Å². The van der Waals surface area contributed by atoms with Crippen molar-refractivity contribution >= 4 is 21.3 Å². The molecule has 4 rings (SSSR count).